The summed E-state index contributed by atoms with van der Waals surface area (Å²) in [6.45, 7) is 5.15. The van der Waals surface area contributed by atoms with Crippen molar-refractivity contribution in [1.29, 1.82) is 0 Å². The molecule has 74 valence electrons. The predicted molar refractivity (Wildman–Crippen MR) is 53.0 cm³/mol. The van der Waals surface area contributed by atoms with Crippen molar-refractivity contribution in [2.24, 2.45) is 5.92 Å². The van der Waals surface area contributed by atoms with Gasteiger partial charge in [0.05, 0.1) is 20.6 Å². The molecule has 0 spiro atoms. The molecule has 2 heteroatoms. The van der Waals surface area contributed by atoms with Gasteiger partial charge in [-0.05, 0) is 25.8 Å². The van der Waals surface area contributed by atoms with Gasteiger partial charge in [0.1, 0.15) is 11.3 Å². The average molecular weight is 182 g/mol. The van der Waals surface area contributed by atoms with Crippen LogP contribution in [0.25, 0.3) is 0 Å². The second-order valence-corrected chi connectivity index (χ2v) is 5.18. The van der Waals surface area contributed by atoms with E-state index < -0.39 is 5.60 Å². The summed E-state index contributed by atoms with van der Waals surface area (Å²) >= 11 is 0. The third kappa shape index (κ3) is 1.16. The fraction of sp³-hybridized carbons (Fsp3) is 0.818. The zero-order valence-corrected chi connectivity index (χ0v) is 8.71. The Morgan fingerprint density at radius 1 is 1.46 bits per heavy atom. The maximum atomic E-state index is 10.5. The topological polar surface area (TPSA) is 20.2 Å². The maximum Gasteiger partial charge on any atom is 0.146 e. The Labute approximate surface area is 80.5 Å². The summed E-state index contributed by atoms with van der Waals surface area (Å²) in [5, 5.41) is 10.5. The standard InChI is InChI=1S/C11H20NO/c1-9-11(13)7-5-4-6-10(11)8-12(9,2)3/h10,13H,1,4-8H2,2-3H3/q+1. The number of likely N-dealkylation sites (N-methyl/N-ethyl adjacent to an activating group) is 1. The highest BCUT2D eigenvalue weighted by molar-refractivity contribution is 5.14. The Balaban J connectivity index is 2.32. The first-order valence-electron chi connectivity index (χ1n) is 5.22. The SMILES string of the molecule is C=C1C2(O)CCCCC2C[N+]1(C)C. The summed E-state index contributed by atoms with van der Waals surface area (Å²) < 4.78 is 0.807. The fourth-order valence-electron chi connectivity index (χ4n) is 3.04. The van der Waals surface area contributed by atoms with Crippen LogP contribution in [0.4, 0.5) is 0 Å². The molecule has 1 aliphatic heterocycles. The lowest BCUT2D eigenvalue weighted by molar-refractivity contribution is -0.845. The van der Waals surface area contributed by atoms with E-state index in [1.54, 1.807) is 0 Å². The highest BCUT2D eigenvalue weighted by atomic mass is 16.3. The molecule has 1 aliphatic carbocycles. The van der Waals surface area contributed by atoms with Crippen molar-refractivity contribution in [3.05, 3.63) is 12.3 Å². The second-order valence-electron chi connectivity index (χ2n) is 5.18. The normalized spacial score (nSPS) is 43.3. The van der Waals surface area contributed by atoms with Crippen LogP contribution in [0, 0.1) is 5.92 Å². The Hall–Kier alpha value is -0.340. The molecule has 2 rings (SSSR count). The smallest absolute Gasteiger partial charge is 0.146 e. The first-order chi connectivity index (χ1) is 5.97. The van der Waals surface area contributed by atoms with E-state index in [0.717, 1.165) is 29.6 Å². The molecule has 2 nitrogen and oxygen atoms in total. The van der Waals surface area contributed by atoms with Crippen molar-refractivity contribution in [3.63, 3.8) is 0 Å². The van der Waals surface area contributed by atoms with Crippen LogP contribution < -0.4 is 0 Å². The molecule has 0 radical (unpaired) electrons. The van der Waals surface area contributed by atoms with E-state index in [1.165, 1.54) is 12.8 Å². The molecular formula is C11H20NO+. The molecule has 0 amide bonds. The zero-order chi connectivity index (χ0) is 9.69. The third-order valence-electron chi connectivity index (χ3n) is 3.94. The lowest BCUT2D eigenvalue weighted by Crippen LogP contribution is -2.40. The molecular weight excluding hydrogens is 162 g/mol. The van der Waals surface area contributed by atoms with E-state index >= 15 is 0 Å². The summed E-state index contributed by atoms with van der Waals surface area (Å²) in [5.74, 6) is 0.462. The first kappa shape index (κ1) is 9.22. The van der Waals surface area contributed by atoms with Crippen molar-refractivity contribution in [1.82, 2.24) is 0 Å². The Morgan fingerprint density at radius 3 is 2.77 bits per heavy atom. The van der Waals surface area contributed by atoms with Crippen molar-refractivity contribution in [3.8, 4) is 0 Å². The summed E-state index contributed by atoms with van der Waals surface area (Å²) in [6.07, 6.45) is 4.54. The first-order valence-corrected chi connectivity index (χ1v) is 5.22. The predicted octanol–water partition coefficient (Wildman–Crippen LogP) is 1.51. The van der Waals surface area contributed by atoms with Gasteiger partial charge in [0, 0.05) is 5.92 Å². The molecule has 1 saturated carbocycles. The van der Waals surface area contributed by atoms with E-state index in [-0.39, 0.29) is 0 Å². The van der Waals surface area contributed by atoms with Gasteiger partial charge >= 0.3 is 0 Å². The van der Waals surface area contributed by atoms with Gasteiger partial charge in [-0.3, -0.25) is 4.48 Å². The van der Waals surface area contributed by atoms with Crippen LogP contribution in [0.1, 0.15) is 25.7 Å². The van der Waals surface area contributed by atoms with Gasteiger partial charge in [-0.15, -0.1) is 0 Å². The van der Waals surface area contributed by atoms with Crippen LogP contribution in [0.15, 0.2) is 12.3 Å². The molecule has 1 saturated heterocycles. The molecule has 2 aliphatic rings. The van der Waals surface area contributed by atoms with Crippen LogP contribution in [0.5, 0.6) is 0 Å². The number of fused-ring (bicyclic) bond motifs is 1. The summed E-state index contributed by atoms with van der Waals surface area (Å²) in [7, 11) is 4.30. The van der Waals surface area contributed by atoms with Gasteiger partial charge in [-0.2, -0.15) is 0 Å². The number of nitrogens with zero attached hydrogens (tertiary/aromatic N) is 1. The van der Waals surface area contributed by atoms with Gasteiger partial charge in [-0.1, -0.05) is 6.42 Å². The molecule has 1 heterocycles. The molecule has 2 atom stereocenters. The molecule has 2 unspecified atom stereocenters. The third-order valence-corrected chi connectivity index (χ3v) is 3.94. The van der Waals surface area contributed by atoms with Crippen LogP contribution in [0.3, 0.4) is 0 Å². The molecule has 2 fully saturated rings. The van der Waals surface area contributed by atoms with Gasteiger partial charge in [0.2, 0.25) is 0 Å². The molecule has 13 heavy (non-hydrogen) atoms. The number of likely N-dealkylation sites (tertiary alicyclic amines) is 1. The summed E-state index contributed by atoms with van der Waals surface area (Å²) in [4.78, 5) is 0. The van der Waals surface area contributed by atoms with Gasteiger partial charge in [0.15, 0.2) is 0 Å². The lowest BCUT2D eigenvalue weighted by atomic mass is 9.76. The lowest BCUT2D eigenvalue weighted by Gasteiger charge is -2.32. The molecule has 0 aromatic rings. The Bertz CT molecular complexity index is 246. The minimum atomic E-state index is -0.540. The largest absolute Gasteiger partial charge is 0.379 e. The quantitative estimate of drug-likeness (QED) is 0.563. The highest BCUT2D eigenvalue weighted by Gasteiger charge is 2.55. The number of aliphatic hydroxyl groups is 1. The van der Waals surface area contributed by atoms with Crippen LogP contribution in [-0.2, 0) is 0 Å². The van der Waals surface area contributed by atoms with Crippen molar-refractivity contribution in [2.75, 3.05) is 20.6 Å². The molecule has 0 aromatic heterocycles. The molecule has 0 aromatic carbocycles. The summed E-state index contributed by atoms with van der Waals surface area (Å²) in [6, 6.07) is 0. The van der Waals surface area contributed by atoms with E-state index in [1.807, 2.05) is 0 Å². The van der Waals surface area contributed by atoms with E-state index in [4.69, 9.17) is 0 Å². The van der Waals surface area contributed by atoms with Gasteiger partial charge in [0.25, 0.3) is 0 Å². The highest BCUT2D eigenvalue weighted by Crippen LogP contribution is 2.47. The van der Waals surface area contributed by atoms with Crippen LogP contribution in [-0.4, -0.2) is 35.8 Å². The Kier molecular flexibility index (Phi) is 1.83. The zero-order valence-electron chi connectivity index (χ0n) is 8.71. The van der Waals surface area contributed by atoms with Crippen molar-refractivity contribution in [2.45, 2.75) is 31.3 Å². The average Bonchev–Trinajstić information content (AvgIpc) is 2.24. The fourth-order valence-corrected chi connectivity index (χ4v) is 3.04. The van der Waals surface area contributed by atoms with Crippen molar-refractivity contribution >= 4 is 0 Å². The van der Waals surface area contributed by atoms with Crippen LogP contribution >= 0.6 is 0 Å². The Morgan fingerprint density at radius 2 is 2.15 bits per heavy atom. The van der Waals surface area contributed by atoms with Crippen LogP contribution in [0.2, 0.25) is 0 Å². The monoisotopic (exact) mass is 182 g/mol. The van der Waals surface area contributed by atoms with E-state index in [9.17, 15) is 5.11 Å². The molecule has 1 N–H and O–H groups in total. The van der Waals surface area contributed by atoms with Gasteiger partial charge < -0.3 is 5.11 Å². The second kappa shape index (κ2) is 2.58. The maximum absolute atomic E-state index is 10.5. The summed E-state index contributed by atoms with van der Waals surface area (Å²) in [5.41, 5.74) is 0.485. The van der Waals surface area contributed by atoms with Gasteiger partial charge in [-0.25, -0.2) is 0 Å². The van der Waals surface area contributed by atoms with E-state index in [2.05, 4.69) is 20.7 Å². The minimum absolute atomic E-state index is 0.462. The molecule has 0 bridgehead atoms. The number of quaternary nitrogens is 1. The van der Waals surface area contributed by atoms with Crippen molar-refractivity contribution < 1.29 is 9.59 Å². The number of hydrogen-bond donors (Lipinski definition) is 1. The number of rotatable bonds is 0. The minimum Gasteiger partial charge on any atom is -0.379 e. The number of hydrogen-bond acceptors (Lipinski definition) is 1. The van der Waals surface area contributed by atoms with E-state index in [0.29, 0.717) is 5.92 Å².